The molecular weight excluding hydrogens is 330 g/mol. The van der Waals surface area contributed by atoms with E-state index in [1.165, 1.54) is 19.2 Å². The fourth-order valence-electron chi connectivity index (χ4n) is 2.15. The molecule has 0 aliphatic heterocycles. The molecule has 2 rings (SSSR count). The first-order chi connectivity index (χ1) is 11.9. The lowest BCUT2D eigenvalue weighted by atomic mass is 9.99. The summed E-state index contributed by atoms with van der Waals surface area (Å²) >= 11 is 0. The van der Waals surface area contributed by atoms with Crippen LogP contribution in [0.15, 0.2) is 30.5 Å². The van der Waals surface area contributed by atoms with Crippen LogP contribution in [0.3, 0.4) is 0 Å². The minimum Gasteiger partial charge on any atom is -0.508 e. The van der Waals surface area contributed by atoms with Crippen molar-refractivity contribution in [3.63, 3.8) is 0 Å². The van der Waals surface area contributed by atoms with Gasteiger partial charge in [0.15, 0.2) is 0 Å². The SMILES string of the molecule is COC(=O)[C@@H](CNc1ncc([N+](=O)[O-])c(N)n1)Cc1ccc(O)cc1. The number of aromatic nitrogens is 2. The molecular formula is C15H17N5O5. The van der Waals surface area contributed by atoms with E-state index in [1.54, 1.807) is 12.1 Å². The zero-order chi connectivity index (χ0) is 18.4. The largest absolute Gasteiger partial charge is 0.508 e. The third kappa shape index (κ3) is 4.77. The maximum absolute atomic E-state index is 11.9. The molecule has 0 unspecified atom stereocenters. The smallest absolute Gasteiger partial charge is 0.329 e. The minimum absolute atomic E-state index is 0.0720. The second-order valence-corrected chi connectivity index (χ2v) is 5.19. The van der Waals surface area contributed by atoms with Crippen molar-refractivity contribution in [2.45, 2.75) is 6.42 Å². The molecule has 10 nitrogen and oxygen atoms in total. The topological polar surface area (TPSA) is 153 Å². The summed E-state index contributed by atoms with van der Waals surface area (Å²) in [7, 11) is 1.28. The van der Waals surface area contributed by atoms with Gasteiger partial charge >= 0.3 is 11.7 Å². The summed E-state index contributed by atoms with van der Waals surface area (Å²) in [5, 5.41) is 22.8. The normalized spacial score (nSPS) is 11.6. The van der Waals surface area contributed by atoms with Gasteiger partial charge in [-0.05, 0) is 24.1 Å². The molecule has 0 aliphatic carbocycles. The monoisotopic (exact) mass is 347 g/mol. The van der Waals surface area contributed by atoms with Crippen molar-refractivity contribution >= 4 is 23.4 Å². The Labute approximate surface area is 142 Å². The summed E-state index contributed by atoms with van der Waals surface area (Å²) in [6.45, 7) is 0.144. The van der Waals surface area contributed by atoms with Crippen LogP contribution in [0.2, 0.25) is 0 Å². The fourth-order valence-corrected chi connectivity index (χ4v) is 2.15. The number of nitrogens with two attached hydrogens (primary N) is 1. The molecule has 1 aromatic carbocycles. The molecule has 1 aromatic heterocycles. The highest BCUT2D eigenvalue weighted by Crippen LogP contribution is 2.19. The van der Waals surface area contributed by atoms with Gasteiger partial charge in [0.25, 0.3) is 0 Å². The lowest BCUT2D eigenvalue weighted by molar-refractivity contribution is -0.384. The molecule has 25 heavy (non-hydrogen) atoms. The van der Waals surface area contributed by atoms with E-state index in [0.29, 0.717) is 6.42 Å². The Kier molecular flexibility index (Phi) is 5.66. The third-order valence-corrected chi connectivity index (χ3v) is 3.45. The van der Waals surface area contributed by atoms with E-state index in [1.807, 2.05) is 0 Å². The fraction of sp³-hybridized carbons (Fsp3) is 0.267. The summed E-state index contributed by atoms with van der Waals surface area (Å²) in [4.78, 5) is 29.6. The quantitative estimate of drug-likeness (QED) is 0.379. The molecule has 0 fully saturated rings. The van der Waals surface area contributed by atoms with Crippen LogP contribution in [0.5, 0.6) is 5.75 Å². The first kappa shape index (κ1) is 17.9. The molecule has 132 valence electrons. The van der Waals surface area contributed by atoms with Crippen molar-refractivity contribution in [1.29, 1.82) is 0 Å². The van der Waals surface area contributed by atoms with Crippen LogP contribution >= 0.6 is 0 Å². The lowest BCUT2D eigenvalue weighted by Gasteiger charge is -2.15. The van der Waals surface area contributed by atoms with E-state index in [2.05, 4.69) is 15.3 Å². The van der Waals surface area contributed by atoms with Gasteiger partial charge < -0.3 is 20.9 Å². The van der Waals surface area contributed by atoms with Crippen molar-refractivity contribution in [3.8, 4) is 5.75 Å². The number of nitrogens with zero attached hydrogens (tertiary/aromatic N) is 3. The van der Waals surface area contributed by atoms with Crippen LogP contribution in [0.4, 0.5) is 17.5 Å². The molecule has 0 spiro atoms. The first-order valence-electron chi connectivity index (χ1n) is 7.27. The van der Waals surface area contributed by atoms with Crippen molar-refractivity contribution in [2.75, 3.05) is 24.7 Å². The van der Waals surface area contributed by atoms with Gasteiger partial charge in [-0.25, -0.2) is 4.98 Å². The Balaban J connectivity index is 2.07. The maximum Gasteiger partial charge on any atom is 0.329 e. The van der Waals surface area contributed by atoms with Crippen molar-refractivity contribution in [2.24, 2.45) is 5.92 Å². The number of phenols is 1. The van der Waals surface area contributed by atoms with Crippen molar-refractivity contribution < 1.29 is 19.6 Å². The van der Waals surface area contributed by atoms with E-state index in [9.17, 15) is 20.0 Å². The predicted octanol–water partition coefficient (Wildman–Crippen LogP) is 1.12. The minimum atomic E-state index is -0.679. The highest BCUT2D eigenvalue weighted by molar-refractivity contribution is 5.73. The van der Waals surface area contributed by atoms with Gasteiger partial charge in [0.2, 0.25) is 11.8 Å². The van der Waals surface area contributed by atoms with Crippen LogP contribution < -0.4 is 11.1 Å². The number of hydrogen-bond donors (Lipinski definition) is 3. The number of nitrogen functional groups attached to an aromatic ring is 1. The number of aromatic hydroxyl groups is 1. The van der Waals surface area contributed by atoms with Gasteiger partial charge in [-0.3, -0.25) is 14.9 Å². The van der Waals surface area contributed by atoms with E-state index >= 15 is 0 Å². The number of benzene rings is 1. The molecule has 10 heteroatoms. The number of carbonyl (C=O) groups is 1. The van der Waals surface area contributed by atoms with Crippen LogP contribution in [0.25, 0.3) is 0 Å². The van der Waals surface area contributed by atoms with Gasteiger partial charge in [-0.2, -0.15) is 4.98 Å². The molecule has 1 heterocycles. The second kappa shape index (κ2) is 7.90. The van der Waals surface area contributed by atoms with Crippen molar-refractivity contribution in [3.05, 3.63) is 46.1 Å². The number of nitrogens with one attached hydrogen (secondary N) is 1. The lowest BCUT2D eigenvalue weighted by Crippen LogP contribution is -2.27. The highest BCUT2D eigenvalue weighted by atomic mass is 16.6. The Morgan fingerprint density at radius 3 is 2.68 bits per heavy atom. The standard InChI is InChI=1S/C15H17N5O5/c1-25-14(22)10(6-9-2-4-11(21)5-3-9)7-17-15-18-8-12(20(23)24)13(16)19-15/h2-5,8,10,21H,6-7H2,1H3,(H3,16,17,18,19)/t10-/m1/s1. The number of phenolic OH excluding ortho intramolecular Hbond substituents is 1. The summed E-state index contributed by atoms with van der Waals surface area (Å²) < 4.78 is 4.79. The van der Waals surface area contributed by atoms with Gasteiger partial charge in [-0.15, -0.1) is 0 Å². The summed E-state index contributed by atoms with van der Waals surface area (Å²) in [5.74, 6) is -1.05. The van der Waals surface area contributed by atoms with E-state index < -0.39 is 16.8 Å². The number of ether oxygens (including phenoxy) is 1. The number of hydrogen-bond acceptors (Lipinski definition) is 9. The van der Waals surface area contributed by atoms with Gasteiger partial charge in [0.1, 0.15) is 11.9 Å². The molecule has 0 saturated carbocycles. The van der Waals surface area contributed by atoms with E-state index in [0.717, 1.165) is 11.8 Å². The Morgan fingerprint density at radius 2 is 2.12 bits per heavy atom. The molecule has 4 N–H and O–H groups in total. The highest BCUT2D eigenvalue weighted by Gasteiger charge is 2.21. The average Bonchev–Trinajstić information content (AvgIpc) is 2.59. The number of methoxy groups -OCH3 is 1. The first-order valence-corrected chi connectivity index (χ1v) is 7.27. The summed E-state index contributed by atoms with van der Waals surface area (Å²) in [5.41, 5.74) is 5.95. The van der Waals surface area contributed by atoms with Gasteiger partial charge in [0.05, 0.1) is 18.0 Å². The van der Waals surface area contributed by atoms with Crippen LogP contribution in [0, 0.1) is 16.0 Å². The Hall–Kier alpha value is -3.43. The maximum atomic E-state index is 11.9. The molecule has 2 aromatic rings. The number of nitro groups is 1. The summed E-state index contributed by atoms with van der Waals surface area (Å²) in [6.07, 6.45) is 1.36. The summed E-state index contributed by atoms with van der Waals surface area (Å²) in [6, 6.07) is 6.45. The number of rotatable bonds is 7. The van der Waals surface area contributed by atoms with E-state index in [-0.39, 0.29) is 29.7 Å². The molecule has 0 saturated heterocycles. The van der Waals surface area contributed by atoms with E-state index in [4.69, 9.17) is 10.5 Å². The van der Waals surface area contributed by atoms with Gasteiger partial charge in [0, 0.05) is 6.54 Å². The zero-order valence-corrected chi connectivity index (χ0v) is 13.4. The molecule has 0 aliphatic rings. The Morgan fingerprint density at radius 1 is 1.44 bits per heavy atom. The predicted molar refractivity (Wildman–Crippen MR) is 88.9 cm³/mol. The molecule has 0 radical (unpaired) electrons. The van der Waals surface area contributed by atoms with Crippen LogP contribution in [-0.2, 0) is 16.0 Å². The number of esters is 1. The van der Waals surface area contributed by atoms with Gasteiger partial charge in [-0.1, -0.05) is 12.1 Å². The van der Waals surface area contributed by atoms with Crippen LogP contribution in [-0.4, -0.2) is 39.6 Å². The van der Waals surface area contributed by atoms with Crippen LogP contribution in [0.1, 0.15) is 5.56 Å². The number of carbonyl (C=O) groups excluding carboxylic acids is 1. The zero-order valence-electron chi connectivity index (χ0n) is 13.4. The molecule has 0 amide bonds. The number of anilines is 2. The Bertz CT molecular complexity index is 765. The third-order valence-electron chi connectivity index (χ3n) is 3.45. The second-order valence-electron chi connectivity index (χ2n) is 5.19. The molecule has 1 atom stereocenters. The molecule has 0 bridgehead atoms. The average molecular weight is 347 g/mol. The van der Waals surface area contributed by atoms with Crippen molar-refractivity contribution in [1.82, 2.24) is 9.97 Å².